The highest BCUT2D eigenvalue weighted by Gasteiger charge is 2.42. The number of halogens is 3. The number of fused-ring (bicyclic) bond motifs is 2. The monoisotopic (exact) mass is 315 g/mol. The molecule has 4 nitrogen and oxygen atoms in total. The first-order chi connectivity index (χ1) is 10.3. The largest absolute Gasteiger partial charge is 0.435 e. The lowest BCUT2D eigenvalue weighted by Gasteiger charge is -2.28. The topological polar surface area (TPSA) is 46.9 Å². The van der Waals surface area contributed by atoms with Gasteiger partial charge in [0.2, 0.25) is 0 Å². The molecule has 0 aromatic carbocycles. The Labute approximate surface area is 127 Å². The minimum absolute atomic E-state index is 0.0213. The normalized spacial score (nSPS) is 28.9. The summed E-state index contributed by atoms with van der Waals surface area (Å²) in [7, 11) is 1.35. The number of hydrogen-bond acceptors (Lipinski definition) is 2. The van der Waals surface area contributed by atoms with E-state index in [1.54, 1.807) is 0 Å². The average Bonchev–Trinajstić information content (AvgIpc) is 3.11. The van der Waals surface area contributed by atoms with E-state index in [-0.39, 0.29) is 11.7 Å². The first-order valence-corrected chi connectivity index (χ1v) is 7.68. The number of carbonyl (C=O) groups is 1. The summed E-state index contributed by atoms with van der Waals surface area (Å²) in [5.74, 6) is 1.37. The molecule has 0 spiro atoms. The third-order valence-corrected chi connectivity index (χ3v) is 5.20. The van der Waals surface area contributed by atoms with E-state index in [0.29, 0.717) is 11.8 Å². The fourth-order valence-corrected chi connectivity index (χ4v) is 4.11. The number of aryl methyl sites for hydroxylation is 1. The predicted molar refractivity (Wildman–Crippen MR) is 74.1 cm³/mol. The number of amides is 1. The third-order valence-electron chi connectivity index (χ3n) is 5.20. The van der Waals surface area contributed by atoms with Crippen LogP contribution in [0.5, 0.6) is 0 Å². The van der Waals surface area contributed by atoms with Gasteiger partial charge in [0, 0.05) is 19.2 Å². The quantitative estimate of drug-likeness (QED) is 0.932. The number of alkyl halides is 3. The standard InChI is InChI=1S/C15H20F3N3O/c1-8(11-6-9-3-4-10(11)5-9)19-14(22)12-7-13(15(16,17)18)20-21(12)2/h7-11H,3-6H2,1-2H3,(H,19,22). The van der Waals surface area contributed by atoms with Gasteiger partial charge in [-0.3, -0.25) is 9.48 Å². The highest BCUT2D eigenvalue weighted by Crippen LogP contribution is 2.49. The zero-order valence-electron chi connectivity index (χ0n) is 12.7. The number of aromatic nitrogens is 2. The van der Waals surface area contributed by atoms with Crippen molar-refractivity contribution in [2.45, 2.75) is 44.8 Å². The Morgan fingerprint density at radius 2 is 2.14 bits per heavy atom. The molecule has 1 aromatic rings. The lowest BCUT2D eigenvalue weighted by atomic mass is 9.84. The lowest BCUT2D eigenvalue weighted by Crippen LogP contribution is -2.40. The van der Waals surface area contributed by atoms with Crippen LogP contribution in [0.3, 0.4) is 0 Å². The van der Waals surface area contributed by atoms with Crippen molar-refractivity contribution in [3.8, 4) is 0 Å². The Balaban J connectivity index is 1.68. The Kier molecular flexibility index (Phi) is 3.69. The van der Waals surface area contributed by atoms with Gasteiger partial charge in [-0.2, -0.15) is 18.3 Å². The van der Waals surface area contributed by atoms with Crippen molar-refractivity contribution in [1.82, 2.24) is 15.1 Å². The second-order valence-corrected chi connectivity index (χ2v) is 6.64. The molecule has 2 aliphatic carbocycles. The van der Waals surface area contributed by atoms with Crippen LogP contribution in [0.2, 0.25) is 0 Å². The smallest absolute Gasteiger partial charge is 0.348 e. The number of nitrogens with zero attached hydrogens (tertiary/aromatic N) is 2. The average molecular weight is 315 g/mol. The van der Waals surface area contributed by atoms with Crippen LogP contribution in [0.4, 0.5) is 13.2 Å². The van der Waals surface area contributed by atoms with Crippen LogP contribution >= 0.6 is 0 Å². The summed E-state index contributed by atoms with van der Waals surface area (Å²) in [5, 5.41) is 6.24. The minimum atomic E-state index is -4.54. The van der Waals surface area contributed by atoms with E-state index in [1.165, 1.54) is 26.3 Å². The molecule has 2 fully saturated rings. The number of hydrogen-bond donors (Lipinski definition) is 1. The van der Waals surface area contributed by atoms with Gasteiger partial charge < -0.3 is 5.32 Å². The number of nitrogens with one attached hydrogen (secondary N) is 1. The van der Waals surface area contributed by atoms with Crippen LogP contribution in [0.1, 0.15) is 48.8 Å². The molecule has 0 aliphatic heterocycles. The van der Waals surface area contributed by atoms with Gasteiger partial charge >= 0.3 is 6.18 Å². The van der Waals surface area contributed by atoms with Crippen LogP contribution in [0.15, 0.2) is 6.07 Å². The molecule has 7 heteroatoms. The molecule has 122 valence electrons. The van der Waals surface area contributed by atoms with Gasteiger partial charge in [0.05, 0.1) is 0 Å². The van der Waals surface area contributed by atoms with Crippen LogP contribution in [-0.2, 0) is 13.2 Å². The van der Waals surface area contributed by atoms with E-state index in [4.69, 9.17) is 0 Å². The van der Waals surface area contributed by atoms with Gasteiger partial charge in [0.15, 0.2) is 5.69 Å². The maximum Gasteiger partial charge on any atom is 0.435 e. The van der Waals surface area contributed by atoms with E-state index in [1.807, 2.05) is 6.92 Å². The molecule has 4 atom stereocenters. The van der Waals surface area contributed by atoms with Crippen LogP contribution in [0.25, 0.3) is 0 Å². The molecule has 1 N–H and O–H groups in total. The molecule has 1 heterocycles. The summed E-state index contributed by atoms with van der Waals surface area (Å²) < 4.78 is 38.9. The molecule has 1 amide bonds. The summed E-state index contributed by atoms with van der Waals surface area (Å²) in [6.45, 7) is 1.95. The summed E-state index contributed by atoms with van der Waals surface area (Å²) in [5.41, 5.74) is -1.09. The Hall–Kier alpha value is -1.53. The fraction of sp³-hybridized carbons (Fsp3) is 0.733. The van der Waals surface area contributed by atoms with Gasteiger partial charge in [0.1, 0.15) is 5.69 Å². The number of carbonyl (C=O) groups excluding carboxylic acids is 1. The third kappa shape index (κ3) is 2.73. The van der Waals surface area contributed by atoms with Gasteiger partial charge in [-0.05, 0) is 43.9 Å². The fourth-order valence-electron chi connectivity index (χ4n) is 4.11. The molecule has 3 rings (SSSR count). The predicted octanol–water partition coefficient (Wildman–Crippen LogP) is 2.99. The summed E-state index contributed by atoms with van der Waals surface area (Å²) >= 11 is 0. The van der Waals surface area contributed by atoms with Crippen LogP contribution in [0, 0.1) is 17.8 Å². The lowest BCUT2D eigenvalue weighted by molar-refractivity contribution is -0.141. The van der Waals surface area contributed by atoms with Crippen molar-refractivity contribution in [3.05, 3.63) is 17.5 Å². The van der Waals surface area contributed by atoms with E-state index >= 15 is 0 Å². The van der Waals surface area contributed by atoms with Crippen LogP contribution in [-0.4, -0.2) is 21.7 Å². The Bertz CT molecular complexity index is 581. The minimum Gasteiger partial charge on any atom is -0.348 e. The highest BCUT2D eigenvalue weighted by atomic mass is 19.4. The van der Waals surface area contributed by atoms with Gasteiger partial charge in [0.25, 0.3) is 5.91 Å². The van der Waals surface area contributed by atoms with Gasteiger partial charge in [-0.15, -0.1) is 0 Å². The van der Waals surface area contributed by atoms with E-state index in [2.05, 4.69) is 10.4 Å². The molecule has 22 heavy (non-hydrogen) atoms. The van der Waals surface area contributed by atoms with Crippen molar-refractivity contribution in [2.75, 3.05) is 0 Å². The van der Waals surface area contributed by atoms with Crippen molar-refractivity contribution >= 4 is 5.91 Å². The van der Waals surface area contributed by atoms with Crippen molar-refractivity contribution in [3.63, 3.8) is 0 Å². The van der Waals surface area contributed by atoms with Gasteiger partial charge in [-0.25, -0.2) is 0 Å². The molecule has 0 radical (unpaired) electrons. The van der Waals surface area contributed by atoms with Crippen molar-refractivity contribution in [1.29, 1.82) is 0 Å². The van der Waals surface area contributed by atoms with Gasteiger partial charge in [-0.1, -0.05) is 6.42 Å². The Morgan fingerprint density at radius 3 is 2.64 bits per heavy atom. The second kappa shape index (κ2) is 5.28. The zero-order valence-corrected chi connectivity index (χ0v) is 12.7. The Morgan fingerprint density at radius 1 is 1.41 bits per heavy atom. The molecular formula is C15H20F3N3O. The first-order valence-electron chi connectivity index (χ1n) is 7.68. The van der Waals surface area contributed by atoms with E-state index in [9.17, 15) is 18.0 Å². The summed E-state index contributed by atoms with van der Waals surface area (Å²) in [4.78, 5) is 12.2. The second-order valence-electron chi connectivity index (χ2n) is 6.64. The highest BCUT2D eigenvalue weighted by molar-refractivity contribution is 5.92. The van der Waals surface area contributed by atoms with E-state index in [0.717, 1.165) is 23.1 Å². The SMILES string of the molecule is CC(NC(=O)c1cc(C(F)(F)F)nn1C)C1CC2CCC1C2. The summed E-state index contributed by atoms with van der Waals surface area (Å²) in [6, 6.07) is 0.787. The van der Waals surface area contributed by atoms with E-state index < -0.39 is 17.8 Å². The molecular weight excluding hydrogens is 295 g/mol. The van der Waals surface area contributed by atoms with Crippen molar-refractivity contribution < 1.29 is 18.0 Å². The molecule has 4 unspecified atom stereocenters. The molecule has 1 aromatic heterocycles. The molecule has 0 saturated heterocycles. The van der Waals surface area contributed by atoms with Crippen LogP contribution < -0.4 is 5.32 Å². The maximum atomic E-state index is 12.6. The molecule has 2 saturated carbocycles. The van der Waals surface area contributed by atoms with Crippen molar-refractivity contribution in [2.24, 2.45) is 24.8 Å². The zero-order chi connectivity index (χ0) is 16.1. The first kappa shape index (κ1) is 15.4. The molecule has 2 aliphatic rings. The summed E-state index contributed by atoms with van der Waals surface area (Å²) in [6.07, 6.45) is 0.296. The molecule has 2 bridgehead atoms. The maximum absolute atomic E-state index is 12.6. The number of rotatable bonds is 3.